The first-order chi connectivity index (χ1) is 11.1. The van der Waals surface area contributed by atoms with Gasteiger partial charge in [0.2, 0.25) is 5.91 Å². The maximum Gasteiger partial charge on any atom is 0.340 e. The number of benzene rings is 1. The minimum atomic E-state index is -1.40. The van der Waals surface area contributed by atoms with E-state index in [-0.39, 0.29) is 11.3 Å². The molecule has 1 aliphatic rings. The summed E-state index contributed by atoms with van der Waals surface area (Å²) in [6, 6.07) is 8.78. The maximum atomic E-state index is 12.3. The summed E-state index contributed by atoms with van der Waals surface area (Å²) >= 11 is 0. The number of nitrogens with one attached hydrogen (secondary N) is 1. The number of ether oxygens (including phenoxy) is 1. The van der Waals surface area contributed by atoms with E-state index in [1.54, 1.807) is 24.3 Å². The quantitative estimate of drug-likeness (QED) is 0.504. The van der Waals surface area contributed by atoms with Crippen LogP contribution in [0, 0.1) is 11.3 Å². The Bertz CT molecular complexity index is 611. The Morgan fingerprint density at radius 2 is 1.71 bits per heavy atom. The van der Waals surface area contributed by atoms with Crippen molar-refractivity contribution >= 4 is 20.9 Å². The lowest BCUT2D eigenvalue weighted by atomic mass is 9.67. The highest BCUT2D eigenvalue weighted by Gasteiger charge is 2.59. The summed E-state index contributed by atoms with van der Waals surface area (Å²) in [7, 11) is -1.40. The molecule has 0 aromatic heterocycles. The summed E-state index contributed by atoms with van der Waals surface area (Å²) in [5.41, 5.74) is -0.504. The monoisotopic (exact) mass is 349 g/mol. The molecule has 1 amide bonds. The Morgan fingerprint density at radius 3 is 2.17 bits per heavy atom. The van der Waals surface area contributed by atoms with Crippen LogP contribution in [0.25, 0.3) is 0 Å². The SMILES string of the molecule is C[SiH](C)OC(C)([C@H]1C(=O)N[C@@H]1OC(=O)c1ccccc1)C(C)(C)C. The van der Waals surface area contributed by atoms with Gasteiger partial charge in [0, 0.05) is 0 Å². The predicted octanol–water partition coefficient (Wildman–Crippen LogP) is 2.72. The third-order valence-electron chi connectivity index (χ3n) is 4.68. The van der Waals surface area contributed by atoms with Crippen molar-refractivity contribution in [3.63, 3.8) is 0 Å². The molecule has 0 aliphatic carbocycles. The molecule has 1 saturated heterocycles. The Hall–Kier alpha value is -1.66. The maximum absolute atomic E-state index is 12.3. The Labute approximate surface area is 145 Å². The van der Waals surface area contributed by atoms with Crippen LogP contribution in [-0.4, -0.2) is 32.7 Å². The molecule has 5 nitrogen and oxygen atoms in total. The van der Waals surface area contributed by atoms with Crippen molar-refractivity contribution < 1.29 is 18.8 Å². The predicted molar refractivity (Wildman–Crippen MR) is 95.1 cm³/mol. The highest BCUT2D eigenvalue weighted by Crippen LogP contribution is 2.44. The standard InChI is InChI=1S/C18H27NO4Si/c1-17(2,3)18(4,23-24(5)6)13-14(20)19-15(13)22-16(21)12-10-8-7-9-11-12/h7-11,13,15,24H,1-6H3,(H,19,20)/t13-,15+,18?/m0/s1. The van der Waals surface area contributed by atoms with Gasteiger partial charge in [-0.2, -0.15) is 0 Å². The van der Waals surface area contributed by atoms with Crippen molar-refractivity contribution in [2.75, 3.05) is 0 Å². The molecule has 1 aromatic rings. The van der Waals surface area contributed by atoms with Crippen LogP contribution in [0.2, 0.25) is 13.1 Å². The molecule has 1 N–H and O–H groups in total. The van der Waals surface area contributed by atoms with Crippen LogP contribution >= 0.6 is 0 Å². The second-order valence-corrected chi connectivity index (χ2v) is 10.0. The molecule has 1 heterocycles. The molecule has 24 heavy (non-hydrogen) atoms. The summed E-state index contributed by atoms with van der Waals surface area (Å²) in [4.78, 5) is 24.6. The van der Waals surface area contributed by atoms with Crippen molar-refractivity contribution in [2.24, 2.45) is 11.3 Å². The van der Waals surface area contributed by atoms with Gasteiger partial charge in [0.15, 0.2) is 15.3 Å². The van der Waals surface area contributed by atoms with Crippen LogP contribution in [0.1, 0.15) is 38.1 Å². The molecule has 6 heteroatoms. The second kappa shape index (κ2) is 6.68. The lowest BCUT2D eigenvalue weighted by molar-refractivity contribution is -0.180. The first kappa shape index (κ1) is 18.7. The fourth-order valence-electron chi connectivity index (χ4n) is 2.95. The molecule has 1 unspecified atom stereocenters. The Balaban J connectivity index is 2.21. The fourth-order valence-corrected chi connectivity index (χ4v) is 4.43. The zero-order valence-electron chi connectivity index (χ0n) is 15.3. The van der Waals surface area contributed by atoms with E-state index in [9.17, 15) is 9.59 Å². The van der Waals surface area contributed by atoms with Gasteiger partial charge in [-0.1, -0.05) is 39.0 Å². The van der Waals surface area contributed by atoms with Gasteiger partial charge in [-0.05, 0) is 37.6 Å². The minimum Gasteiger partial charge on any atom is -0.437 e. The van der Waals surface area contributed by atoms with Crippen LogP contribution < -0.4 is 5.32 Å². The van der Waals surface area contributed by atoms with E-state index >= 15 is 0 Å². The van der Waals surface area contributed by atoms with Gasteiger partial charge >= 0.3 is 5.97 Å². The van der Waals surface area contributed by atoms with Crippen molar-refractivity contribution in [3.8, 4) is 0 Å². The molecule has 0 spiro atoms. The number of carbonyl (C=O) groups excluding carboxylic acids is 2. The highest BCUT2D eigenvalue weighted by molar-refractivity contribution is 6.48. The Morgan fingerprint density at radius 1 is 1.12 bits per heavy atom. The van der Waals surface area contributed by atoms with Gasteiger partial charge < -0.3 is 14.5 Å². The molecule has 132 valence electrons. The molecule has 0 bridgehead atoms. The summed E-state index contributed by atoms with van der Waals surface area (Å²) in [5, 5.41) is 2.70. The van der Waals surface area contributed by atoms with Gasteiger partial charge in [-0.3, -0.25) is 4.79 Å². The lowest BCUT2D eigenvalue weighted by Gasteiger charge is -2.53. The lowest BCUT2D eigenvalue weighted by Crippen LogP contribution is -2.71. The van der Waals surface area contributed by atoms with Gasteiger partial charge in [-0.25, -0.2) is 4.79 Å². The van der Waals surface area contributed by atoms with Crippen LogP contribution in [0.5, 0.6) is 0 Å². The largest absolute Gasteiger partial charge is 0.437 e. The molecule has 0 saturated carbocycles. The summed E-state index contributed by atoms with van der Waals surface area (Å²) in [6.07, 6.45) is -0.665. The van der Waals surface area contributed by atoms with Crippen LogP contribution in [-0.2, 0) is 14.0 Å². The summed E-state index contributed by atoms with van der Waals surface area (Å²) in [5.74, 6) is -1.09. The number of hydrogen-bond acceptors (Lipinski definition) is 4. The second-order valence-electron chi connectivity index (χ2n) is 7.70. The van der Waals surface area contributed by atoms with Crippen LogP contribution in [0.4, 0.5) is 0 Å². The topological polar surface area (TPSA) is 64.6 Å². The number of amides is 1. The molecule has 1 fully saturated rings. The number of esters is 1. The van der Waals surface area contributed by atoms with Gasteiger partial charge in [0.05, 0.1) is 11.2 Å². The molecule has 0 radical (unpaired) electrons. The van der Waals surface area contributed by atoms with Crippen molar-refractivity contribution in [1.29, 1.82) is 0 Å². The van der Waals surface area contributed by atoms with Crippen molar-refractivity contribution in [1.82, 2.24) is 5.32 Å². The molecule has 3 atom stereocenters. The van der Waals surface area contributed by atoms with Crippen molar-refractivity contribution in [3.05, 3.63) is 35.9 Å². The summed E-state index contributed by atoms with van der Waals surface area (Å²) < 4.78 is 11.8. The first-order valence-electron chi connectivity index (χ1n) is 8.30. The molecule has 2 rings (SSSR count). The summed E-state index contributed by atoms with van der Waals surface area (Å²) in [6.45, 7) is 12.2. The van der Waals surface area contributed by atoms with E-state index in [4.69, 9.17) is 9.16 Å². The zero-order valence-corrected chi connectivity index (χ0v) is 16.4. The van der Waals surface area contributed by atoms with Gasteiger partial charge in [0.1, 0.15) is 5.92 Å². The average Bonchev–Trinajstić information content (AvgIpc) is 2.45. The molecular formula is C18H27NO4Si. The van der Waals surface area contributed by atoms with Crippen LogP contribution in [0.15, 0.2) is 30.3 Å². The van der Waals surface area contributed by atoms with E-state index in [0.29, 0.717) is 5.56 Å². The smallest absolute Gasteiger partial charge is 0.340 e. The fraction of sp³-hybridized carbons (Fsp3) is 0.556. The normalized spacial score (nSPS) is 23.2. The number of rotatable bonds is 5. The third-order valence-corrected chi connectivity index (χ3v) is 5.64. The van der Waals surface area contributed by atoms with Gasteiger partial charge in [-0.15, -0.1) is 0 Å². The zero-order chi connectivity index (χ0) is 18.1. The Kier molecular flexibility index (Phi) is 5.20. The number of β-lactam (4-membered cyclic amide) rings is 1. The van der Waals surface area contributed by atoms with Crippen molar-refractivity contribution in [2.45, 2.75) is 52.6 Å². The average molecular weight is 350 g/mol. The molecule has 1 aliphatic heterocycles. The van der Waals surface area contributed by atoms with E-state index in [1.165, 1.54) is 0 Å². The highest BCUT2D eigenvalue weighted by atomic mass is 28.3. The van der Waals surface area contributed by atoms with E-state index in [0.717, 1.165) is 0 Å². The van der Waals surface area contributed by atoms with E-state index in [2.05, 4.69) is 18.4 Å². The number of carbonyl (C=O) groups is 2. The van der Waals surface area contributed by atoms with E-state index < -0.39 is 32.8 Å². The van der Waals surface area contributed by atoms with Gasteiger partial charge in [0.25, 0.3) is 0 Å². The minimum absolute atomic E-state index is 0.132. The van der Waals surface area contributed by atoms with Crippen LogP contribution in [0.3, 0.4) is 0 Å². The third kappa shape index (κ3) is 3.54. The molecular weight excluding hydrogens is 322 g/mol. The molecule has 1 aromatic carbocycles. The number of hydrogen-bond donors (Lipinski definition) is 1. The van der Waals surface area contributed by atoms with E-state index in [1.807, 2.05) is 33.8 Å². The first-order valence-corrected chi connectivity index (χ1v) is 11.1.